The van der Waals surface area contributed by atoms with Gasteiger partial charge in [-0.1, -0.05) is 0 Å². The number of halogens is 2. The van der Waals surface area contributed by atoms with Crippen LogP contribution in [0.1, 0.15) is 18.1 Å². The highest BCUT2D eigenvalue weighted by Gasteiger charge is 2.41. The molecule has 1 unspecified atom stereocenters. The highest BCUT2D eigenvalue weighted by atomic mass is 19.3. The van der Waals surface area contributed by atoms with Gasteiger partial charge in [-0.2, -0.15) is 0 Å². The molecule has 1 atom stereocenters. The number of aryl methyl sites for hydroxylation is 1. The van der Waals surface area contributed by atoms with Crippen LogP contribution in [0.4, 0.5) is 8.63 Å². The molecule has 0 bridgehead atoms. The Kier molecular flexibility index (Phi) is 2.66. The minimum absolute atomic E-state index is 0.0590. The van der Waals surface area contributed by atoms with Gasteiger partial charge >= 0.3 is 12.9 Å². The van der Waals surface area contributed by atoms with Gasteiger partial charge in [0, 0.05) is 12.1 Å². The lowest BCUT2D eigenvalue weighted by atomic mass is 10.0. The topological polar surface area (TPSA) is 18.5 Å². The van der Waals surface area contributed by atoms with E-state index in [-0.39, 0.29) is 5.76 Å². The van der Waals surface area contributed by atoms with Crippen LogP contribution in [0.5, 0.6) is 0 Å². The number of rotatable bonds is 1. The van der Waals surface area contributed by atoms with Gasteiger partial charge in [-0.25, -0.2) is 0 Å². The molecule has 0 radical (unpaired) electrons. The Balaban J connectivity index is 2.30. The molecule has 1 aromatic carbocycles. The number of hydrogen-bond acceptors (Lipinski definition) is 2. The van der Waals surface area contributed by atoms with Crippen molar-refractivity contribution in [3.63, 3.8) is 0 Å². The molecular weight excluding hydrogens is 213 g/mol. The highest BCUT2D eigenvalue weighted by Crippen LogP contribution is 2.29. The lowest BCUT2D eigenvalue weighted by Crippen LogP contribution is -2.38. The van der Waals surface area contributed by atoms with Crippen molar-refractivity contribution in [2.24, 2.45) is 0 Å². The average Bonchev–Trinajstić information content (AvgIpc) is 2.15. The van der Waals surface area contributed by atoms with E-state index in [1.807, 2.05) is 19.1 Å². The fourth-order valence-corrected chi connectivity index (χ4v) is 1.51. The van der Waals surface area contributed by atoms with Gasteiger partial charge < -0.3 is 17.9 Å². The second-order valence-electron chi connectivity index (χ2n) is 3.77. The summed E-state index contributed by atoms with van der Waals surface area (Å²) in [7, 11) is -4.22. The molecule has 0 amide bonds. The molecule has 1 aliphatic heterocycles. The van der Waals surface area contributed by atoms with Crippen LogP contribution in [0.25, 0.3) is 5.76 Å². The summed E-state index contributed by atoms with van der Waals surface area (Å²) in [5.74, 6) is 0.0590. The average molecular weight is 224 g/mol. The first kappa shape index (κ1) is 11.1. The standard InChI is InChI=1S/C11H11BF2O2/c1-8-3-5-10(6-4-8)11-7-9(2)15-12(13,14)16-11/h3-6,9H,1-2H3. The third-order valence-corrected chi connectivity index (χ3v) is 2.27. The van der Waals surface area contributed by atoms with E-state index in [9.17, 15) is 8.63 Å². The first-order valence-corrected chi connectivity index (χ1v) is 5.04. The molecule has 2 rings (SSSR count). The van der Waals surface area contributed by atoms with Crippen molar-refractivity contribution in [1.82, 2.24) is 0 Å². The van der Waals surface area contributed by atoms with Gasteiger partial charge in [-0.15, -0.1) is 0 Å². The Bertz CT molecular complexity index is 414. The van der Waals surface area contributed by atoms with Gasteiger partial charge in [0.1, 0.15) is 6.08 Å². The van der Waals surface area contributed by atoms with Gasteiger partial charge in [0.05, 0.1) is 0 Å². The Morgan fingerprint density at radius 2 is 1.88 bits per heavy atom. The van der Waals surface area contributed by atoms with Crippen molar-refractivity contribution in [1.29, 1.82) is 0 Å². The summed E-state index contributed by atoms with van der Waals surface area (Å²) >= 11 is 0. The molecule has 0 spiro atoms. The van der Waals surface area contributed by atoms with Gasteiger partial charge in [-0.3, -0.25) is 0 Å². The quantitative estimate of drug-likeness (QED) is 0.539. The fourth-order valence-electron chi connectivity index (χ4n) is 1.51. The largest absolute Gasteiger partial charge is 0.668 e. The Morgan fingerprint density at radius 3 is 2.44 bits per heavy atom. The smallest absolute Gasteiger partial charge is 0.601 e. The minimum Gasteiger partial charge on any atom is -0.601 e. The van der Waals surface area contributed by atoms with Crippen LogP contribution >= 0.6 is 0 Å². The van der Waals surface area contributed by atoms with E-state index in [2.05, 4.69) is 15.4 Å². The van der Waals surface area contributed by atoms with Crippen molar-refractivity contribution in [3.8, 4) is 0 Å². The molecule has 84 valence electrons. The van der Waals surface area contributed by atoms with Crippen LogP contribution in [-0.2, 0) is 9.31 Å². The molecule has 2 nitrogen and oxygen atoms in total. The van der Waals surface area contributed by atoms with Crippen LogP contribution in [0.2, 0.25) is 0 Å². The maximum Gasteiger partial charge on any atom is 0.668 e. The maximum atomic E-state index is 13.0. The second-order valence-corrected chi connectivity index (χ2v) is 3.77. The van der Waals surface area contributed by atoms with Gasteiger partial charge in [-0.05, 0) is 31.5 Å². The lowest BCUT2D eigenvalue weighted by molar-refractivity contribution is 0.0905. The zero-order chi connectivity index (χ0) is 11.8. The first-order chi connectivity index (χ1) is 7.46. The molecule has 1 aromatic rings. The van der Waals surface area contributed by atoms with Crippen LogP contribution in [0.15, 0.2) is 24.3 Å². The summed E-state index contributed by atoms with van der Waals surface area (Å²) in [5.41, 5.74) is 1.64. The third kappa shape index (κ3) is 2.38. The SMILES string of the molecule is Cc1ccc(C2=[C+]C(C)O[B-](F)(F)O2)cc1. The number of hydrogen-bond donors (Lipinski definition) is 0. The molecule has 0 aliphatic carbocycles. The summed E-state index contributed by atoms with van der Waals surface area (Å²) < 4.78 is 34.9. The Morgan fingerprint density at radius 1 is 1.25 bits per heavy atom. The molecule has 1 heterocycles. The van der Waals surface area contributed by atoms with Crippen molar-refractivity contribution < 1.29 is 17.9 Å². The fraction of sp³-hybridized carbons (Fsp3) is 0.273. The second kappa shape index (κ2) is 3.85. The van der Waals surface area contributed by atoms with Crippen LogP contribution in [0.3, 0.4) is 0 Å². The Labute approximate surface area is 92.9 Å². The van der Waals surface area contributed by atoms with Crippen LogP contribution in [-0.4, -0.2) is 13.2 Å². The molecular formula is C11H11BF2O2. The van der Waals surface area contributed by atoms with Crippen molar-refractivity contribution >= 4 is 12.9 Å². The molecule has 0 saturated carbocycles. The predicted molar refractivity (Wildman–Crippen MR) is 57.4 cm³/mol. The highest BCUT2D eigenvalue weighted by molar-refractivity contribution is 6.53. The monoisotopic (exact) mass is 224 g/mol. The van der Waals surface area contributed by atoms with Gasteiger partial charge in [0.2, 0.25) is 0 Å². The minimum atomic E-state index is -4.22. The zero-order valence-corrected chi connectivity index (χ0v) is 9.04. The van der Waals surface area contributed by atoms with E-state index in [4.69, 9.17) is 0 Å². The van der Waals surface area contributed by atoms with E-state index in [0.29, 0.717) is 5.56 Å². The lowest BCUT2D eigenvalue weighted by Gasteiger charge is -2.29. The molecule has 0 saturated heterocycles. The summed E-state index contributed by atoms with van der Waals surface area (Å²) in [6.45, 7) is 3.43. The van der Waals surface area contributed by atoms with Crippen LogP contribution in [0, 0.1) is 13.0 Å². The third-order valence-electron chi connectivity index (χ3n) is 2.27. The molecule has 0 aromatic heterocycles. The summed E-state index contributed by atoms with van der Waals surface area (Å²) in [6.07, 6.45) is 1.95. The molecule has 16 heavy (non-hydrogen) atoms. The van der Waals surface area contributed by atoms with Crippen molar-refractivity contribution in [3.05, 3.63) is 41.5 Å². The number of benzene rings is 1. The van der Waals surface area contributed by atoms with Gasteiger partial charge in [0.15, 0.2) is 11.7 Å². The van der Waals surface area contributed by atoms with Crippen LogP contribution < -0.4 is 0 Å². The molecule has 0 fully saturated rings. The van der Waals surface area contributed by atoms with Crippen molar-refractivity contribution in [2.45, 2.75) is 20.0 Å². The summed E-state index contributed by atoms with van der Waals surface area (Å²) in [4.78, 5) is 0. The van der Waals surface area contributed by atoms with E-state index in [1.165, 1.54) is 6.92 Å². The molecule has 5 heteroatoms. The first-order valence-electron chi connectivity index (χ1n) is 5.04. The van der Waals surface area contributed by atoms with E-state index >= 15 is 0 Å². The van der Waals surface area contributed by atoms with E-state index in [0.717, 1.165) is 5.56 Å². The normalized spacial score (nSPS) is 23.0. The maximum absolute atomic E-state index is 13.0. The predicted octanol–water partition coefficient (Wildman–Crippen LogP) is 2.95. The summed E-state index contributed by atoms with van der Waals surface area (Å²) in [6, 6.07) is 7.11. The molecule has 0 N–H and O–H groups in total. The van der Waals surface area contributed by atoms with Crippen molar-refractivity contribution in [2.75, 3.05) is 0 Å². The van der Waals surface area contributed by atoms with Gasteiger partial charge in [0.25, 0.3) is 0 Å². The molecule has 1 aliphatic rings. The van der Waals surface area contributed by atoms with E-state index in [1.54, 1.807) is 12.1 Å². The summed E-state index contributed by atoms with van der Waals surface area (Å²) in [5, 5.41) is 0. The Hall–Kier alpha value is -1.45. The zero-order valence-electron chi connectivity index (χ0n) is 9.04. The van der Waals surface area contributed by atoms with E-state index < -0.39 is 13.2 Å².